The number of aromatic nitrogens is 1. The molecule has 0 N–H and O–H groups in total. The van der Waals surface area contributed by atoms with E-state index >= 15 is 0 Å². The summed E-state index contributed by atoms with van der Waals surface area (Å²) >= 11 is 0. The number of hydrogen-bond acceptors (Lipinski definition) is 1. The van der Waals surface area contributed by atoms with Gasteiger partial charge in [-0.2, -0.15) is 0 Å². The summed E-state index contributed by atoms with van der Waals surface area (Å²) in [6.07, 6.45) is 3.43. The first-order chi connectivity index (χ1) is 8.67. The summed E-state index contributed by atoms with van der Waals surface area (Å²) in [4.78, 5) is 13.2. The van der Waals surface area contributed by atoms with E-state index in [0.29, 0.717) is 6.54 Å². The van der Waals surface area contributed by atoms with Gasteiger partial charge in [-0.25, -0.2) is 0 Å². The number of benzene rings is 1. The standard InChI is InChI=1S/C15H18N2O/c1-4-15(18)16(3)11-12-7-6-8-14-13(12)9-10-17(14)5-2/h4,6-10H,1,5,11H2,2-3H3. The molecule has 1 aromatic carbocycles. The maximum atomic E-state index is 11.5. The Bertz CT molecular complexity index is 583. The Balaban J connectivity index is 2.37. The minimum Gasteiger partial charge on any atom is -0.348 e. The third kappa shape index (κ3) is 2.16. The zero-order valence-electron chi connectivity index (χ0n) is 10.9. The lowest BCUT2D eigenvalue weighted by atomic mass is 10.1. The molecule has 3 heteroatoms. The van der Waals surface area contributed by atoms with Crippen LogP contribution in [0.15, 0.2) is 43.1 Å². The Morgan fingerprint density at radius 2 is 2.22 bits per heavy atom. The van der Waals surface area contributed by atoms with Crippen molar-refractivity contribution >= 4 is 16.8 Å². The molecular formula is C15H18N2O. The van der Waals surface area contributed by atoms with Crippen molar-refractivity contribution in [1.29, 1.82) is 0 Å². The molecule has 0 aliphatic heterocycles. The predicted octanol–water partition coefficient (Wildman–Crippen LogP) is 2.81. The van der Waals surface area contributed by atoms with Crippen molar-refractivity contribution < 1.29 is 4.79 Å². The Hall–Kier alpha value is -2.03. The molecule has 0 spiro atoms. The van der Waals surface area contributed by atoms with Gasteiger partial charge in [-0.15, -0.1) is 0 Å². The van der Waals surface area contributed by atoms with Crippen LogP contribution < -0.4 is 0 Å². The number of amides is 1. The molecule has 1 amide bonds. The van der Waals surface area contributed by atoms with Gasteiger partial charge in [-0.3, -0.25) is 4.79 Å². The first-order valence-electron chi connectivity index (χ1n) is 6.11. The molecule has 1 aromatic heterocycles. The van der Waals surface area contributed by atoms with Crippen LogP contribution in [-0.2, 0) is 17.9 Å². The van der Waals surface area contributed by atoms with E-state index in [1.54, 1.807) is 11.9 Å². The van der Waals surface area contributed by atoms with E-state index in [0.717, 1.165) is 12.1 Å². The zero-order chi connectivity index (χ0) is 13.1. The maximum Gasteiger partial charge on any atom is 0.245 e. The second kappa shape index (κ2) is 5.08. The number of rotatable bonds is 4. The van der Waals surface area contributed by atoms with Crippen LogP contribution in [-0.4, -0.2) is 22.4 Å². The van der Waals surface area contributed by atoms with Crippen molar-refractivity contribution in [1.82, 2.24) is 9.47 Å². The molecule has 2 rings (SSSR count). The van der Waals surface area contributed by atoms with E-state index in [-0.39, 0.29) is 5.91 Å². The minimum atomic E-state index is -0.0538. The fourth-order valence-electron chi connectivity index (χ4n) is 2.19. The smallest absolute Gasteiger partial charge is 0.245 e. The number of fused-ring (bicyclic) bond motifs is 1. The van der Waals surface area contributed by atoms with Crippen LogP contribution in [0, 0.1) is 0 Å². The quantitative estimate of drug-likeness (QED) is 0.757. The Morgan fingerprint density at radius 1 is 1.44 bits per heavy atom. The van der Waals surface area contributed by atoms with Gasteiger partial charge in [0.05, 0.1) is 0 Å². The van der Waals surface area contributed by atoms with E-state index in [1.165, 1.54) is 17.0 Å². The van der Waals surface area contributed by atoms with E-state index in [1.807, 2.05) is 6.07 Å². The molecule has 0 aliphatic rings. The van der Waals surface area contributed by atoms with Gasteiger partial charge in [0.2, 0.25) is 5.91 Å². The zero-order valence-corrected chi connectivity index (χ0v) is 10.9. The number of aryl methyl sites for hydroxylation is 1. The number of likely N-dealkylation sites (N-methyl/N-ethyl adjacent to an activating group) is 1. The Morgan fingerprint density at radius 3 is 2.89 bits per heavy atom. The van der Waals surface area contributed by atoms with Gasteiger partial charge >= 0.3 is 0 Å². The molecule has 0 radical (unpaired) electrons. The van der Waals surface area contributed by atoms with Gasteiger partial charge in [0.25, 0.3) is 0 Å². The highest BCUT2D eigenvalue weighted by Gasteiger charge is 2.09. The van der Waals surface area contributed by atoms with Crippen LogP contribution >= 0.6 is 0 Å². The molecule has 18 heavy (non-hydrogen) atoms. The summed E-state index contributed by atoms with van der Waals surface area (Å²) in [7, 11) is 1.79. The summed E-state index contributed by atoms with van der Waals surface area (Å²) < 4.78 is 2.20. The Labute approximate surface area is 107 Å². The number of hydrogen-bond donors (Lipinski definition) is 0. The van der Waals surface area contributed by atoms with Gasteiger partial charge in [0, 0.05) is 37.2 Å². The fraction of sp³-hybridized carbons (Fsp3) is 0.267. The van der Waals surface area contributed by atoms with Crippen LogP contribution in [0.25, 0.3) is 10.9 Å². The van der Waals surface area contributed by atoms with E-state index in [2.05, 4.69) is 42.5 Å². The lowest BCUT2D eigenvalue weighted by Gasteiger charge is -2.15. The molecule has 0 saturated carbocycles. The molecule has 0 aliphatic carbocycles. The van der Waals surface area contributed by atoms with E-state index < -0.39 is 0 Å². The van der Waals surface area contributed by atoms with Crippen molar-refractivity contribution in [2.75, 3.05) is 7.05 Å². The molecule has 0 bridgehead atoms. The van der Waals surface area contributed by atoms with Gasteiger partial charge < -0.3 is 9.47 Å². The maximum absolute atomic E-state index is 11.5. The summed E-state index contributed by atoms with van der Waals surface area (Å²) in [6.45, 7) is 7.19. The molecule has 1 heterocycles. The molecule has 0 atom stereocenters. The largest absolute Gasteiger partial charge is 0.348 e. The van der Waals surface area contributed by atoms with Crippen molar-refractivity contribution in [3.05, 3.63) is 48.7 Å². The normalized spacial score (nSPS) is 10.6. The highest BCUT2D eigenvalue weighted by atomic mass is 16.2. The van der Waals surface area contributed by atoms with Gasteiger partial charge in [-0.1, -0.05) is 18.7 Å². The van der Waals surface area contributed by atoms with Gasteiger partial charge in [-0.05, 0) is 30.7 Å². The summed E-state index contributed by atoms with van der Waals surface area (Å²) in [6, 6.07) is 8.32. The van der Waals surface area contributed by atoms with Crippen molar-refractivity contribution in [3.8, 4) is 0 Å². The highest BCUT2D eigenvalue weighted by molar-refractivity contribution is 5.88. The average Bonchev–Trinajstić information content (AvgIpc) is 2.81. The van der Waals surface area contributed by atoms with Crippen LogP contribution in [0.3, 0.4) is 0 Å². The third-order valence-electron chi connectivity index (χ3n) is 3.20. The van der Waals surface area contributed by atoms with Crippen molar-refractivity contribution in [2.45, 2.75) is 20.0 Å². The second-order valence-electron chi connectivity index (χ2n) is 4.35. The first kappa shape index (κ1) is 12.4. The lowest BCUT2D eigenvalue weighted by Crippen LogP contribution is -2.23. The first-order valence-corrected chi connectivity index (χ1v) is 6.11. The van der Waals surface area contributed by atoms with Crippen LogP contribution in [0.4, 0.5) is 0 Å². The van der Waals surface area contributed by atoms with E-state index in [9.17, 15) is 4.79 Å². The molecule has 3 nitrogen and oxygen atoms in total. The summed E-state index contributed by atoms with van der Waals surface area (Å²) in [5.41, 5.74) is 2.38. The molecule has 2 aromatic rings. The fourth-order valence-corrected chi connectivity index (χ4v) is 2.19. The van der Waals surface area contributed by atoms with Gasteiger partial charge in [0.15, 0.2) is 0 Å². The monoisotopic (exact) mass is 242 g/mol. The van der Waals surface area contributed by atoms with Crippen LogP contribution in [0.2, 0.25) is 0 Å². The van der Waals surface area contributed by atoms with Crippen LogP contribution in [0.5, 0.6) is 0 Å². The predicted molar refractivity (Wildman–Crippen MR) is 74.3 cm³/mol. The van der Waals surface area contributed by atoms with Gasteiger partial charge in [0.1, 0.15) is 0 Å². The molecule has 0 unspecified atom stereocenters. The van der Waals surface area contributed by atoms with Crippen molar-refractivity contribution in [2.24, 2.45) is 0 Å². The third-order valence-corrected chi connectivity index (χ3v) is 3.20. The molecular weight excluding hydrogens is 224 g/mol. The summed E-state index contributed by atoms with van der Waals surface area (Å²) in [5, 5.41) is 1.21. The number of carbonyl (C=O) groups is 1. The lowest BCUT2D eigenvalue weighted by molar-refractivity contribution is -0.125. The van der Waals surface area contributed by atoms with Crippen molar-refractivity contribution in [3.63, 3.8) is 0 Å². The Kier molecular flexibility index (Phi) is 3.51. The minimum absolute atomic E-state index is 0.0538. The SMILES string of the molecule is C=CC(=O)N(C)Cc1cccc2c1ccn2CC. The number of nitrogens with zero attached hydrogens (tertiary/aromatic N) is 2. The molecule has 94 valence electrons. The average molecular weight is 242 g/mol. The highest BCUT2D eigenvalue weighted by Crippen LogP contribution is 2.21. The topological polar surface area (TPSA) is 25.2 Å². The molecule has 0 saturated heterocycles. The molecule has 0 fully saturated rings. The van der Waals surface area contributed by atoms with Crippen LogP contribution in [0.1, 0.15) is 12.5 Å². The summed E-state index contributed by atoms with van der Waals surface area (Å²) in [5.74, 6) is -0.0538. The van der Waals surface area contributed by atoms with E-state index in [4.69, 9.17) is 0 Å². The second-order valence-corrected chi connectivity index (χ2v) is 4.35. The number of carbonyl (C=O) groups excluding carboxylic acids is 1.